The van der Waals surface area contributed by atoms with Crippen LogP contribution in [0, 0.1) is 0 Å². The third-order valence-corrected chi connectivity index (χ3v) is 3.48. The number of carbonyl (C=O) groups excluding carboxylic acids is 1. The van der Waals surface area contributed by atoms with Crippen LogP contribution in [0.4, 0.5) is 10.5 Å². The summed E-state index contributed by atoms with van der Waals surface area (Å²) in [5, 5.41) is 6.71. The van der Waals surface area contributed by atoms with E-state index in [1.54, 1.807) is 30.5 Å². The molecule has 2 aromatic rings. The van der Waals surface area contributed by atoms with E-state index in [4.69, 9.17) is 23.2 Å². The molecule has 0 bridgehead atoms. The van der Waals surface area contributed by atoms with Gasteiger partial charge in [-0.2, -0.15) is 0 Å². The Morgan fingerprint density at radius 2 is 1.91 bits per heavy atom. The number of oxime groups is 1. The maximum atomic E-state index is 11.5. The van der Waals surface area contributed by atoms with Crippen molar-refractivity contribution in [3.05, 3.63) is 46.2 Å². The SMILES string of the molecule is CSc1nc(Cl)c(/C=N/OC(=O)Nc2ccccc2)c(Cl)n1. The number of thioether (sulfide) groups is 1. The van der Waals surface area contributed by atoms with E-state index in [1.807, 2.05) is 6.07 Å². The molecule has 22 heavy (non-hydrogen) atoms. The van der Waals surface area contributed by atoms with Crippen molar-refractivity contribution in [2.45, 2.75) is 5.16 Å². The molecule has 0 saturated carbocycles. The van der Waals surface area contributed by atoms with Gasteiger partial charge in [-0.1, -0.05) is 58.3 Å². The topological polar surface area (TPSA) is 76.5 Å². The Kier molecular flexibility index (Phi) is 6.00. The Morgan fingerprint density at radius 1 is 1.27 bits per heavy atom. The number of hydrogen-bond donors (Lipinski definition) is 1. The third kappa shape index (κ3) is 4.59. The number of amides is 1. The van der Waals surface area contributed by atoms with E-state index in [0.29, 0.717) is 10.8 Å². The standard InChI is InChI=1S/C13H10Cl2N4O2S/c1-22-12-18-10(14)9(11(15)19-12)7-16-21-13(20)17-8-5-3-2-4-6-8/h2-7H,1H3,(H,17,20)/b16-7+. The molecule has 0 aliphatic heterocycles. The van der Waals surface area contributed by atoms with Crippen LogP contribution in [0.3, 0.4) is 0 Å². The zero-order valence-corrected chi connectivity index (χ0v) is 13.6. The Balaban J connectivity index is 1.99. The van der Waals surface area contributed by atoms with Crippen LogP contribution in [0.15, 0.2) is 40.6 Å². The molecule has 2 rings (SSSR count). The Bertz CT molecular complexity index is 675. The highest BCUT2D eigenvalue weighted by molar-refractivity contribution is 7.98. The lowest BCUT2D eigenvalue weighted by atomic mass is 10.3. The molecule has 114 valence electrons. The van der Waals surface area contributed by atoms with Crippen LogP contribution in [-0.2, 0) is 4.84 Å². The summed E-state index contributed by atoms with van der Waals surface area (Å²) in [7, 11) is 0. The second kappa shape index (κ2) is 7.98. The minimum absolute atomic E-state index is 0.125. The number of nitrogens with one attached hydrogen (secondary N) is 1. The first kappa shape index (κ1) is 16.5. The van der Waals surface area contributed by atoms with Gasteiger partial charge in [0.05, 0.1) is 11.8 Å². The van der Waals surface area contributed by atoms with E-state index in [-0.39, 0.29) is 15.9 Å². The molecular weight excluding hydrogens is 347 g/mol. The smallest absolute Gasteiger partial charge is 0.298 e. The van der Waals surface area contributed by atoms with Crippen LogP contribution >= 0.6 is 35.0 Å². The number of anilines is 1. The van der Waals surface area contributed by atoms with Gasteiger partial charge >= 0.3 is 6.09 Å². The number of halogens is 2. The molecule has 0 saturated heterocycles. The maximum Gasteiger partial charge on any atom is 0.437 e. The lowest BCUT2D eigenvalue weighted by molar-refractivity contribution is 0.167. The molecule has 0 radical (unpaired) electrons. The quantitative estimate of drug-likeness (QED) is 0.223. The van der Waals surface area contributed by atoms with E-state index in [1.165, 1.54) is 18.0 Å². The summed E-state index contributed by atoms with van der Waals surface area (Å²) in [4.78, 5) is 24.2. The van der Waals surface area contributed by atoms with Crippen LogP contribution < -0.4 is 5.32 Å². The summed E-state index contributed by atoms with van der Waals surface area (Å²) in [6, 6.07) is 8.82. The first-order valence-electron chi connectivity index (χ1n) is 5.93. The molecule has 1 aromatic carbocycles. The third-order valence-electron chi connectivity index (χ3n) is 2.35. The fourth-order valence-corrected chi connectivity index (χ4v) is 2.34. The number of nitrogens with zero attached hydrogens (tertiary/aromatic N) is 3. The minimum Gasteiger partial charge on any atom is -0.298 e. The van der Waals surface area contributed by atoms with Crippen molar-refractivity contribution < 1.29 is 9.63 Å². The summed E-state index contributed by atoms with van der Waals surface area (Å²) < 4.78 is 0. The van der Waals surface area contributed by atoms with Crippen LogP contribution in [0.25, 0.3) is 0 Å². The Morgan fingerprint density at radius 3 is 2.50 bits per heavy atom. The fourth-order valence-electron chi connectivity index (χ4n) is 1.39. The maximum absolute atomic E-state index is 11.5. The predicted octanol–water partition coefficient (Wildman–Crippen LogP) is 4.09. The van der Waals surface area contributed by atoms with Crippen LogP contribution in [0.1, 0.15) is 5.56 Å². The van der Waals surface area contributed by atoms with Crippen molar-refractivity contribution in [2.75, 3.05) is 11.6 Å². The van der Waals surface area contributed by atoms with Gasteiger partial charge in [0, 0.05) is 5.69 Å². The van der Waals surface area contributed by atoms with Gasteiger partial charge in [-0.25, -0.2) is 14.8 Å². The van der Waals surface area contributed by atoms with Crippen molar-refractivity contribution in [3.8, 4) is 0 Å². The monoisotopic (exact) mass is 356 g/mol. The molecule has 0 fully saturated rings. The Labute approximate surface area is 140 Å². The van der Waals surface area contributed by atoms with Gasteiger partial charge in [0.1, 0.15) is 10.3 Å². The summed E-state index contributed by atoms with van der Waals surface area (Å²) in [5.74, 6) is 0. The highest BCUT2D eigenvalue weighted by atomic mass is 35.5. The summed E-state index contributed by atoms with van der Waals surface area (Å²) >= 11 is 13.2. The number of para-hydroxylation sites is 1. The van der Waals surface area contributed by atoms with Gasteiger partial charge in [0.2, 0.25) is 0 Å². The van der Waals surface area contributed by atoms with Crippen molar-refractivity contribution >= 4 is 53.0 Å². The van der Waals surface area contributed by atoms with E-state index < -0.39 is 6.09 Å². The highest BCUT2D eigenvalue weighted by Gasteiger charge is 2.10. The first-order chi connectivity index (χ1) is 10.6. The highest BCUT2D eigenvalue weighted by Crippen LogP contribution is 2.22. The number of benzene rings is 1. The Hall–Kier alpha value is -1.83. The molecule has 0 atom stereocenters. The fraction of sp³-hybridized carbons (Fsp3) is 0.0769. The van der Waals surface area contributed by atoms with Gasteiger partial charge in [-0.3, -0.25) is 10.2 Å². The van der Waals surface area contributed by atoms with Crippen LogP contribution in [-0.4, -0.2) is 28.5 Å². The molecule has 6 nitrogen and oxygen atoms in total. The van der Waals surface area contributed by atoms with Gasteiger partial charge in [0.25, 0.3) is 0 Å². The van der Waals surface area contributed by atoms with Crippen LogP contribution in [0.2, 0.25) is 10.3 Å². The second-order valence-corrected chi connectivity index (χ2v) is 5.30. The van der Waals surface area contributed by atoms with Gasteiger partial charge in [-0.05, 0) is 18.4 Å². The van der Waals surface area contributed by atoms with E-state index >= 15 is 0 Å². The van der Waals surface area contributed by atoms with Crippen LogP contribution in [0.5, 0.6) is 0 Å². The lowest BCUT2D eigenvalue weighted by Crippen LogP contribution is -2.10. The lowest BCUT2D eigenvalue weighted by Gasteiger charge is -2.03. The number of rotatable bonds is 4. The number of hydrogen-bond acceptors (Lipinski definition) is 6. The normalized spacial score (nSPS) is 10.7. The summed E-state index contributed by atoms with van der Waals surface area (Å²) in [5.41, 5.74) is 0.861. The summed E-state index contributed by atoms with van der Waals surface area (Å²) in [6.45, 7) is 0. The average Bonchev–Trinajstić information content (AvgIpc) is 2.50. The largest absolute Gasteiger partial charge is 0.437 e. The predicted molar refractivity (Wildman–Crippen MR) is 88.0 cm³/mol. The van der Waals surface area contributed by atoms with E-state index in [2.05, 4.69) is 25.3 Å². The molecule has 0 aliphatic rings. The van der Waals surface area contributed by atoms with Gasteiger partial charge in [-0.15, -0.1) is 0 Å². The zero-order valence-electron chi connectivity index (χ0n) is 11.3. The second-order valence-electron chi connectivity index (χ2n) is 3.81. The molecule has 1 aromatic heterocycles. The molecule has 0 aliphatic carbocycles. The van der Waals surface area contributed by atoms with E-state index in [0.717, 1.165) is 0 Å². The van der Waals surface area contributed by atoms with Gasteiger partial charge in [0.15, 0.2) is 5.16 Å². The van der Waals surface area contributed by atoms with Crippen molar-refractivity contribution in [3.63, 3.8) is 0 Å². The van der Waals surface area contributed by atoms with Crippen molar-refractivity contribution in [2.24, 2.45) is 5.16 Å². The number of carbonyl (C=O) groups is 1. The zero-order chi connectivity index (χ0) is 15.9. The molecule has 0 spiro atoms. The minimum atomic E-state index is -0.739. The molecule has 1 heterocycles. The summed E-state index contributed by atoms with van der Waals surface area (Å²) in [6.07, 6.45) is 2.24. The molecule has 1 amide bonds. The van der Waals surface area contributed by atoms with Crippen molar-refractivity contribution in [1.82, 2.24) is 9.97 Å². The molecule has 9 heteroatoms. The first-order valence-corrected chi connectivity index (χ1v) is 7.91. The molecule has 0 unspecified atom stereocenters. The molecule has 1 N–H and O–H groups in total. The van der Waals surface area contributed by atoms with E-state index in [9.17, 15) is 4.79 Å². The number of aromatic nitrogens is 2. The average molecular weight is 357 g/mol. The molecular formula is C13H10Cl2N4O2S. The van der Waals surface area contributed by atoms with Gasteiger partial charge < -0.3 is 0 Å². The van der Waals surface area contributed by atoms with Crippen molar-refractivity contribution in [1.29, 1.82) is 0 Å².